The van der Waals surface area contributed by atoms with Gasteiger partial charge in [0.1, 0.15) is 5.82 Å². The fraction of sp³-hybridized carbons (Fsp3) is 0.533. The van der Waals surface area contributed by atoms with Crippen molar-refractivity contribution in [2.75, 3.05) is 19.6 Å². The Kier molecular flexibility index (Phi) is 5.54. The summed E-state index contributed by atoms with van der Waals surface area (Å²) in [5.41, 5.74) is 0.136. The zero-order valence-corrected chi connectivity index (χ0v) is 13.2. The Morgan fingerprint density at radius 2 is 2.30 bits per heavy atom. The van der Waals surface area contributed by atoms with Gasteiger partial charge in [-0.05, 0) is 54.4 Å². The fourth-order valence-electron chi connectivity index (χ4n) is 2.54. The zero-order valence-electron chi connectivity index (χ0n) is 11.7. The molecule has 5 heteroatoms. The maximum absolute atomic E-state index is 14.0. The van der Waals surface area contributed by atoms with Crippen LogP contribution in [0.25, 0.3) is 0 Å². The number of hydrogen-bond acceptors (Lipinski definition) is 2. The lowest BCUT2D eigenvalue weighted by Crippen LogP contribution is -2.45. The standard InChI is InChI=1S/C15H20BrFN2O/c1-2-19(10-11-6-3-4-9-18-11)15(20)12-7-5-8-13(16)14(12)17/h5,7-8,11,18H,2-4,6,9-10H2,1H3. The van der Waals surface area contributed by atoms with Crippen molar-refractivity contribution >= 4 is 21.8 Å². The Bertz CT molecular complexity index is 475. The molecule has 1 N–H and O–H groups in total. The highest BCUT2D eigenvalue weighted by molar-refractivity contribution is 9.10. The molecule has 1 aromatic carbocycles. The topological polar surface area (TPSA) is 32.3 Å². The molecular formula is C15H20BrFN2O. The van der Waals surface area contributed by atoms with Gasteiger partial charge in [0, 0.05) is 19.1 Å². The molecule has 0 aromatic heterocycles. The van der Waals surface area contributed by atoms with Crippen LogP contribution in [-0.4, -0.2) is 36.5 Å². The van der Waals surface area contributed by atoms with Gasteiger partial charge in [0.05, 0.1) is 10.0 Å². The second kappa shape index (κ2) is 7.18. The molecule has 1 amide bonds. The van der Waals surface area contributed by atoms with Gasteiger partial charge >= 0.3 is 0 Å². The van der Waals surface area contributed by atoms with Crippen LogP contribution in [0.2, 0.25) is 0 Å². The molecule has 0 spiro atoms. The smallest absolute Gasteiger partial charge is 0.256 e. The number of halogens is 2. The van der Waals surface area contributed by atoms with Crippen LogP contribution in [0.5, 0.6) is 0 Å². The summed E-state index contributed by atoms with van der Waals surface area (Å²) in [5.74, 6) is -0.716. The molecular weight excluding hydrogens is 323 g/mol. The van der Waals surface area contributed by atoms with Gasteiger partial charge in [-0.1, -0.05) is 12.5 Å². The maximum atomic E-state index is 14.0. The number of piperidine rings is 1. The molecule has 1 aliphatic heterocycles. The fourth-order valence-corrected chi connectivity index (χ4v) is 2.91. The first-order valence-corrected chi connectivity index (χ1v) is 7.89. The number of carbonyl (C=O) groups excluding carboxylic acids is 1. The van der Waals surface area contributed by atoms with E-state index < -0.39 is 5.82 Å². The van der Waals surface area contributed by atoms with Gasteiger partial charge < -0.3 is 10.2 Å². The van der Waals surface area contributed by atoms with Gasteiger partial charge in [-0.15, -0.1) is 0 Å². The molecule has 2 rings (SSSR count). The summed E-state index contributed by atoms with van der Waals surface area (Å²) in [4.78, 5) is 14.2. The van der Waals surface area contributed by atoms with Crippen molar-refractivity contribution < 1.29 is 9.18 Å². The number of likely N-dealkylation sites (N-methyl/N-ethyl adjacent to an activating group) is 1. The van der Waals surface area contributed by atoms with E-state index >= 15 is 0 Å². The average Bonchev–Trinajstić information content (AvgIpc) is 2.48. The van der Waals surface area contributed by atoms with E-state index in [1.165, 1.54) is 12.8 Å². The van der Waals surface area contributed by atoms with Crippen molar-refractivity contribution in [2.45, 2.75) is 32.2 Å². The summed E-state index contributed by atoms with van der Waals surface area (Å²) in [7, 11) is 0. The van der Waals surface area contributed by atoms with Gasteiger partial charge in [0.25, 0.3) is 5.91 Å². The van der Waals surface area contributed by atoms with Gasteiger partial charge in [0.2, 0.25) is 0 Å². The third-order valence-corrected chi connectivity index (χ3v) is 4.32. The highest BCUT2D eigenvalue weighted by atomic mass is 79.9. The second-order valence-electron chi connectivity index (χ2n) is 5.09. The monoisotopic (exact) mass is 342 g/mol. The van der Waals surface area contributed by atoms with Crippen LogP contribution < -0.4 is 5.32 Å². The van der Waals surface area contributed by atoms with E-state index in [9.17, 15) is 9.18 Å². The van der Waals surface area contributed by atoms with Crippen LogP contribution >= 0.6 is 15.9 Å². The van der Waals surface area contributed by atoms with Gasteiger partial charge in [-0.2, -0.15) is 0 Å². The second-order valence-corrected chi connectivity index (χ2v) is 5.95. The quantitative estimate of drug-likeness (QED) is 0.911. The number of hydrogen-bond donors (Lipinski definition) is 1. The lowest BCUT2D eigenvalue weighted by molar-refractivity contribution is 0.0736. The summed E-state index contributed by atoms with van der Waals surface area (Å²) in [6, 6.07) is 5.15. The number of nitrogens with one attached hydrogen (secondary N) is 1. The molecule has 1 heterocycles. The van der Waals surface area contributed by atoms with Crippen molar-refractivity contribution in [1.29, 1.82) is 0 Å². The first-order valence-electron chi connectivity index (χ1n) is 7.10. The normalized spacial score (nSPS) is 18.9. The molecule has 0 saturated carbocycles. The molecule has 20 heavy (non-hydrogen) atoms. The zero-order chi connectivity index (χ0) is 14.5. The Hall–Kier alpha value is -0.940. The van der Waals surface area contributed by atoms with Crippen molar-refractivity contribution in [2.24, 2.45) is 0 Å². The first kappa shape index (κ1) is 15.4. The van der Waals surface area contributed by atoms with Gasteiger partial charge in [-0.25, -0.2) is 4.39 Å². The Balaban J connectivity index is 2.10. The maximum Gasteiger partial charge on any atom is 0.256 e. The van der Waals surface area contributed by atoms with E-state index in [4.69, 9.17) is 0 Å². The van der Waals surface area contributed by atoms with Crippen molar-refractivity contribution in [3.8, 4) is 0 Å². The molecule has 3 nitrogen and oxygen atoms in total. The van der Waals surface area contributed by atoms with Crippen molar-refractivity contribution in [3.05, 3.63) is 34.1 Å². The molecule has 1 saturated heterocycles. The number of nitrogens with zero attached hydrogens (tertiary/aromatic N) is 1. The summed E-state index contributed by atoms with van der Waals surface area (Å²) in [6.07, 6.45) is 3.45. The van der Waals surface area contributed by atoms with E-state index in [1.54, 1.807) is 23.1 Å². The van der Waals surface area contributed by atoms with Gasteiger partial charge in [-0.3, -0.25) is 4.79 Å². The Labute approximate surface area is 127 Å². The van der Waals surface area contributed by atoms with E-state index in [0.29, 0.717) is 23.6 Å². The minimum atomic E-state index is -0.479. The highest BCUT2D eigenvalue weighted by Crippen LogP contribution is 2.20. The SMILES string of the molecule is CCN(CC1CCCCN1)C(=O)c1cccc(Br)c1F. The van der Waals surface area contributed by atoms with E-state index in [2.05, 4.69) is 21.2 Å². The van der Waals surface area contributed by atoms with Crippen LogP contribution in [0.3, 0.4) is 0 Å². The summed E-state index contributed by atoms with van der Waals surface area (Å²) >= 11 is 3.13. The Morgan fingerprint density at radius 3 is 2.95 bits per heavy atom. The van der Waals surface area contributed by atoms with Crippen LogP contribution in [0.4, 0.5) is 4.39 Å². The molecule has 0 aliphatic carbocycles. The summed E-state index contributed by atoms with van der Waals surface area (Å²) in [6.45, 7) is 4.16. The lowest BCUT2D eigenvalue weighted by Gasteiger charge is -2.30. The largest absolute Gasteiger partial charge is 0.337 e. The molecule has 1 atom stereocenters. The van der Waals surface area contributed by atoms with Crippen LogP contribution in [0.15, 0.2) is 22.7 Å². The molecule has 1 aliphatic rings. The predicted molar refractivity (Wildman–Crippen MR) is 81.3 cm³/mol. The third-order valence-electron chi connectivity index (χ3n) is 3.70. The van der Waals surface area contributed by atoms with E-state index in [-0.39, 0.29) is 11.5 Å². The highest BCUT2D eigenvalue weighted by Gasteiger charge is 2.23. The predicted octanol–water partition coefficient (Wildman–Crippen LogP) is 3.19. The minimum Gasteiger partial charge on any atom is -0.337 e. The molecule has 0 radical (unpaired) electrons. The van der Waals surface area contributed by atoms with E-state index in [0.717, 1.165) is 13.0 Å². The molecule has 0 bridgehead atoms. The summed E-state index contributed by atoms with van der Waals surface area (Å²) < 4.78 is 14.3. The lowest BCUT2D eigenvalue weighted by atomic mass is 10.0. The first-order chi connectivity index (χ1) is 9.63. The van der Waals surface area contributed by atoms with Gasteiger partial charge in [0.15, 0.2) is 0 Å². The van der Waals surface area contributed by atoms with Crippen molar-refractivity contribution in [3.63, 3.8) is 0 Å². The van der Waals surface area contributed by atoms with Crippen LogP contribution in [-0.2, 0) is 0 Å². The number of carbonyl (C=O) groups is 1. The van der Waals surface area contributed by atoms with E-state index in [1.807, 2.05) is 6.92 Å². The average molecular weight is 343 g/mol. The molecule has 1 unspecified atom stereocenters. The van der Waals surface area contributed by atoms with Crippen LogP contribution in [0.1, 0.15) is 36.5 Å². The number of rotatable bonds is 4. The van der Waals surface area contributed by atoms with Crippen molar-refractivity contribution in [1.82, 2.24) is 10.2 Å². The van der Waals surface area contributed by atoms with Crippen LogP contribution in [0, 0.1) is 5.82 Å². The minimum absolute atomic E-state index is 0.136. The number of benzene rings is 1. The Morgan fingerprint density at radius 1 is 1.50 bits per heavy atom. The molecule has 1 fully saturated rings. The third kappa shape index (κ3) is 3.58. The summed E-state index contributed by atoms with van der Waals surface area (Å²) in [5, 5.41) is 3.42. The number of amides is 1. The molecule has 110 valence electrons. The molecule has 1 aromatic rings.